The maximum atomic E-state index is 12.9. The zero-order valence-electron chi connectivity index (χ0n) is 15.8. The molecule has 2 heterocycles. The first kappa shape index (κ1) is 20.3. The van der Waals surface area contributed by atoms with Crippen molar-refractivity contribution in [2.75, 3.05) is 7.11 Å². The second-order valence-electron chi connectivity index (χ2n) is 6.52. The number of amides is 3. The summed E-state index contributed by atoms with van der Waals surface area (Å²) >= 11 is 0. The number of hydrogen-bond donors (Lipinski definition) is 1. The summed E-state index contributed by atoms with van der Waals surface area (Å²) < 4.78 is 39.0. The Kier molecular flexibility index (Phi) is 5.27. The predicted molar refractivity (Wildman–Crippen MR) is 94.3 cm³/mol. The molecule has 0 spiro atoms. The van der Waals surface area contributed by atoms with Gasteiger partial charge in [-0.15, -0.1) is 0 Å². The van der Waals surface area contributed by atoms with E-state index in [1.807, 2.05) is 0 Å². The molecule has 0 saturated carbocycles. The molecule has 1 aliphatic rings. The lowest BCUT2D eigenvalue weighted by atomic mass is 9.92. The Labute approximate surface area is 164 Å². The summed E-state index contributed by atoms with van der Waals surface area (Å²) in [5, 5.41) is 2.60. The molecule has 0 aliphatic carbocycles. The molecule has 2 aromatic rings. The third-order valence-electron chi connectivity index (χ3n) is 4.62. The van der Waals surface area contributed by atoms with Gasteiger partial charge in [0.25, 0.3) is 5.91 Å². The maximum absolute atomic E-state index is 12.9. The van der Waals surface area contributed by atoms with E-state index in [9.17, 15) is 23.2 Å². The Morgan fingerprint density at radius 2 is 1.93 bits per heavy atom. The number of nitrogens with zero attached hydrogens (tertiary/aromatic N) is 1. The fraction of sp³-hybridized carbons (Fsp3) is 0.316. The van der Waals surface area contributed by atoms with Crippen LogP contribution < -0.4 is 10.1 Å². The van der Waals surface area contributed by atoms with Crippen molar-refractivity contribution in [2.45, 2.75) is 32.5 Å². The normalized spacial score (nSPS) is 18.9. The number of carbonyl (C=O) groups excluding carboxylic acids is 3. The number of rotatable bonds is 6. The predicted octanol–water partition coefficient (Wildman–Crippen LogP) is 2.94. The first-order valence-corrected chi connectivity index (χ1v) is 8.52. The highest BCUT2D eigenvalue weighted by molar-refractivity contribution is 6.07. The van der Waals surface area contributed by atoms with Crippen molar-refractivity contribution in [3.8, 4) is 5.75 Å². The standard InChI is InChI=1S/C19H18F2N2O6/c1-10-14(15(24)27-3)8-13(28-10)9-23-16(25)19(2,22-18(23)26)11-4-6-12(7-5-11)29-17(20)21/h4-8,17H,9H2,1-3H3,(H,22,26)/t19-/m0/s1. The van der Waals surface area contributed by atoms with Crippen LogP contribution in [0.2, 0.25) is 0 Å². The SMILES string of the molecule is COC(=O)c1cc(CN2C(=O)N[C@@](C)(c3ccc(OC(F)F)cc3)C2=O)oc1C. The van der Waals surface area contributed by atoms with E-state index < -0.39 is 30.1 Å². The van der Waals surface area contributed by atoms with Crippen LogP contribution in [0.4, 0.5) is 13.6 Å². The van der Waals surface area contributed by atoms with Crippen molar-refractivity contribution in [3.63, 3.8) is 0 Å². The number of urea groups is 1. The van der Waals surface area contributed by atoms with Crippen LogP contribution in [0.15, 0.2) is 34.7 Å². The summed E-state index contributed by atoms with van der Waals surface area (Å²) in [4.78, 5) is 38.0. The third kappa shape index (κ3) is 3.78. The molecule has 1 aromatic carbocycles. The summed E-state index contributed by atoms with van der Waals surface area (Å²) in [6, 6.07) is 6.17. The van der Waals surface area contributed by atoms with Gasteiger partial charge >= 0.3 is 18.6 Å². The van der Waals surface area contributed by atoms with Crippen molar-refractivity contribution in [2.24, 2.45) is 0 Å². The van der Waals surface area contributed by atoms with E-state index in [1.54, 1.807) is 6.92 Å². The second kappa shape index (κ2) is 7.53. The zero-order valence-corrected chi connectivity index (χ0v) is 15.8. The Balaban J connectivity index is 1.81. The fourth-order valence-electron chi connectivity index (χ4n) is 3.10. The molecule has 1 saturated heterocycles. The number of aryl methyl sites for hydroxylation is 1. The van der Waals surface area contributed by atoms with Crippen molar-refractivity contribution >= 4 is 17.9 Å². The minimum absolute atomic E-state index is 0.0672. The van der Waals surface area contributed by atoms with E-state index in [0.717, 1.165) is 4.90 Å². The number of hydrogen-bond acceptors (Lipinski definition) is 6. The molecule has 1 aromatic heterocycles. The molecule has 0 radical (unpaired) electrons. The lowest BCUT2D eigenvalue weighted by Crippen LogP contribution is -2.40. The number of esters is 1. The van der Waals surface area contributed by atoms with Gasteiger partial charge in [-0.25, -0.2) is 9.59 Å². The van der Waals surface area contributed by atoms with Crippen molar-refractivity contribution in [1.29, 1.82) is 0 Å². The lowest BCUT2D eigenvalue weighted by molar-refractivity contribution is -0.131. The van der Waals surface area contributed by atoms with E-state index in [4.69, 9.17) is 4.42 Å². The van der Waals surface area contributed by atoms with Gasteiger partial charge in [0.15, 0.2) is 0 Å². The Bertz CT molecular complexity index is 956. The topological polar surface area (TPSA) is 98.1 Å². The molecule has 3 amide bonds. The van der Waals surface area contributed by atoms with E-state index in [2.05, 4.69) is 14.8 Å². The molecular weight excluding hydrogens is 390 g/mol. The van der Waals surface area contributed by atoms with Crippen LogP contribution in [0, 0.1) is 6.92 Å². The summed E-state index contributed by atoms with van der Waals surface area (Å²) in [7, 11) is 1.23. The van der Waals surface area contributed by atoms with Gasteiger partial charge in [0, 0.05) is 0 Å². The number of methoxy groups -OCH3 is 1. The number of carbonyl (C=O) groups is 3. The first-order chi connectivity index (χ1) is 13.7. The van der Waals surface area contributed by atoms with Crippen LogP contribution in [-0.2, 0) is 21.6 Å². The van der Waals surface area contributed by atoms with Crippen LogP contribution in [-0.4, -0.2) is 36.5 Å². The van der Waals surface area contributed by atoms with Crippen LogP contribution >= 0.6 is 0 Å². The van der Waals surface area contributed by atoms with Crippen molar-refractivity contribution < 1.29 is 37.1 Å². The second-order valence-corrected chi connectivity index (χ2v) is 6.52. The van der Waals surface area contributed by atoms with Crippen molar-refractivity contribution in [1.82, 2.24) is 10.2 Å². The fourth-order valence-corrected chi connectivity index (χ4v) is 3.10. The highest BCUT2D eigenvalue weighted by atomic mass is 19.3. The highest BCUT2D eigenvalue weighted by Gasteiger charge is 2.49. The highest BCUT2D eigenvalue weighted by Crippen LogP contribution is 2.31. The maximum Gasteiger partial charge on any atom is 0.387 e. The quantitative estimate of drug-likeness (QED) is 0.583. The average Bonchev–Trinajstić information content (AvgIpc) is 3.14. The summed E-state index contributed by atoms with van der Waals surface area (Å²) in [6.45, 7) is -0.0884. The summed E-state index contributed by atoms with van der Waals surface area (Å²) in [5.41, 5.74) is -0.800. The monoisotopic (exact) mass is 408 g/mol. The van der Waals surface area contributed by atoms with Gasteiger partial charge in [-0.05, 0) is 37.6 Å². The molecular formula is C19H18F2N2O6. The molecule has 10 heteroatoms. The molecule has 1 N–H and O–H groups in total. The number of imide groups is 1. The smallest absolute Gasteiger partial charge is 0.387 e. The molecule has 29 heavy (non-hydrogen) atoms. The van der Waals surface area contributed by atoms with Crippen LogP contribution in [0.1, 0.15) is 34.4 Å². The Morgan fingerprint density at radius 3 is 2.52 bits per heavy atom. The number of furan rings is 1. The molecule has 1 fully saturated rings. The van der Waals surface area contributed by atoms with E-state index in [0.29, 0.717) is 11.3 Å². The minimum atomic E-state index is -2.97. The molecule has 1 aliphatic heterocycles. The first-order valence-electron chi connectivity index (χ1n) is 8.52. The minimum Gasteiger partial charge on any atom is -0.465 e. The van der Waals surface area contributed by atoms with Gasteiger partial charge in [-0.1, -0.05) is 12.1 Å². The number of halogens is 2. The van der Waals surface area contributed by atoms with Gasteiger partial charge in [0.2, 0.25) is 0 Å². The zero-order chi connectivity index (χ0) is 21.3. The number of benzene rings is 1. The van der Waals surface area contributed by atoms with Crippen molar-refractivity contribution in [3.05, 3.63) is 53.0 Å². The van der Waals surface area contributed by atoms with E-state index in [1.165, 1.54) is 44.4 Å². The van der Waals surface area contributed by atoms with Crippen LogP contribution in [0.3, 0.4) is 0 Å². The van der Waals surface area contributed by atoms with E-state index in [-0.39, 0.29) is 23.6 Å². The van der Waals surface area contributed by atoms with Gasteiger partial charge in [-0.2, -0.15) is 8.78 Å². The van der Waals surface area contributed by atoms with Gasteiger partial charge < -0.3 is 19.2 Å². The largest absolute Gasteiger partial charge is 0.465 e. The van der Waals surface area contributed by atoms with Crippen LogP contribution in [0.25, 0.3) is 0 Å². The molecule has 0 bridgehead atoms. The third-order valence-corrected chi connectivity index (χ3v) is 4.62. The van der Waals surface area contributed by atoms with Gasteiger partial charge in [-0.3, -0.25) is 9.69 Å². The van der Waals surface area contributed by atoms with Crippen LogP contribution in [0.5, 0.6) is 5.75 Å². The lowest BCUT2D eigenvalue weighted by Gasteiger charge is -2.22. The summed E-state index contributed by atoms with van der Waals surface area (Å²) in [6.07, 6.45) is 0. The Hall–Kier alpha value is -3.43. The summed E-state index contributed by atoms with van der Waals surface area (Å²) in [5.74, 6) is -0.681. The molecule has 3 rings (SSSR count). The molecule has 0 unspecified atom stereocenters. The Morgan fingerprint density at radius 1 is 1.28 bits per heavy atom. The molecule has 1 atom stereocenters. The molecule has 8 nitrogen and oxygen atoms in total. The van der Waals surface area contributed by atoms with E-state index >= 15 is 0 Å². The number of alkyl halides is 2. The van der Waals surface area contributed by atoms with Gasteiger partial charge in [0.05, 0.1) is 13.7 Å². The van der Waals surface area contributed by atoms with Gasteiger partial charge in [0.1, 0.15) is 28.4 Å². The number of ether oxygens (including phenoxy) is 2. The average molecular weight is 408 g/mol. The molecule has 154 valence electrons. The number of nitrogens with one attached hydrogen (secondary N) is 1.